The van der Waals surface area contributed by atoms with Crippen LogP contribution in [0.4, 0.5) is 4.39 Å². The third kappa shape index (κ3) is 6.55. The molecular formula is C29H34FN3. The van der Waals surface area contributed by atoms with Crippen molar-refractivity contribution in [2.45, 2.75) is 40.3 Å². The highest BCUT2D eigenvalue weighted by Gasteiger charge is 2.26. The molecule has 3 nitrogen and oxygen atoms in total. The van der Waals surface area contributed by atoms with Gasteiger partial charge in [0.25, 0.3) is 0 Å². The lowest BCUT2D eigenvalue weighted by molar-refractivity contribution is 0.369. The topological polar surface area (TPSA) is 27.6 Å². The third-order valence-electron chi connectivity index (χ3n) is 5.51. The first-order valence-corrected chi connectivity index (χ1v) is 11.4. The van der Waals surface area contributed by atoms with Crippen LogP contribution in [0.1, 0.15) is 43.5 Å². The fourth-order valence-electron chi connectivity index (χ4n) is 3.96. The Morgan fingerprint density at radius 1 is 1.15 bits per heavy atom. The molecule has 3 rings (SSSR count). The smallest absolute Gasteiger partial charge is 0.126 e. The zero-order chi connectivity index (χ0) is 23.8. The van der Waals surface area contributed by atoms with E-state index in [2.05, 4.69) is 84.8 Å². The predicted molar refractivity (Wildman–Crippen MR) is 138 cm³/mol. The number of benzene rings is 2. The van der Waals surface area contributed by atoms with Gasteiger partial charge in [-0.2, -0.15) is 0 Å². The Bertz CT molecular complexity index is 1100. The number of halogens is 1. The number of aliphatic imine (C=N–C) groups is 1. The van der Waals surface area contributed by atoms with Crippen molar-refractivity contribution in [2.75, 3.05) is 13.6 Å². The summed E-state index contributed by atoms with van der Waals surface area (Å²) in [6.07, 6.45) is 10.5. The molecular weight excluding hydrogens is 409 g/mol. The molecule has 0 aliphatic carbocycles. The zero-order valence-corrected chi connectivity index (χ0v) is 20.3. The van der Waals surface area contributed by atoms with Crippen LogP contribution in [0.3, 0.4) is 0 Å². The maximum absolute atomic E-state index is 14.0. The lowest BCUT2D eigenvalue weighted by atomic mass is 9.87. The first-order valence-electron chi connectivity index (χ1n) is 11.4. The number of likely N-dealkylation sites (N-methyl/N-ethyl adjacent to an activating group) is 1. The second kappa shape index (κ2) is 11.5. The molecule has 2 aromatic rings. The van der Waals surface area contributed by atoms with E-state index in [1.54, 1.807) is 6.07 Å². The second-order valence-corrected chi connectivity index (χ2v) is 8.59. The predicted octanol–water partition coefficient (Wildman–Crippen LogP) is 6.66. The van der Waals surface area contributed by atoms with Crippen LogP contribution in [-0.4, -0.2) is 24.7 Å². The molecule has 1 atom stereocenters. The molecule has 33 heavy (non-hydrogen) atoms. The molecule has 0 aromatic heterocycles. The summed E-state index contributed by atoms with van der Waals surface area (Å²) in [5.74, 6) is -0.182. The monoisotopic (exact) mass is 443 g/mol. The summed E-state index contributed by atoms with van der Waals surface area (Å²) in [6, 6.07) is 15.7. The van der Waals surface area contributed by atoms with Crippen LogP contribution >= 0.6 is 0 Å². The van der Waals surface area contributed by atoms with Gasteiger partial charge in [0.05, 0.1) is 11.7 Å². The Hall–Kier alpha value is -3.40. The van der Waals surface area contributed by atoms with Crippen LogP contribution in [0.15, 0.2) is 100 Å². The van der Waals surface area contributed by atoms with Gasteiger partial charge >= 0.3 is 0 Å². The van der Waals surface area contributed by atoms with Crippen LogP contribution in [-0.2, 0) is 6.54 Å². The van der Waals surface area contributed by atoms with E-state index in [1.165, 1.54) is 11.1 Å². The van der Waals surface area contributed by atoms with Crippen molar-refractivity contribution in [3.8, 4) is 0 Å². The molecule has 0 amide bonds. The normalized spacial score (nSPS) is 16.5. The van der Waals surface area contributed by atoms with Gasteiger partial charge < -0.3 is 10.2 Å². The van der Waals surface area contributed by atoms with E-state index >= 15 is 0 Å². The Kier molecular flexibility index (Phi) is 8.42. The van der Waals surface area contributed by atoms with Gasteiger partial charge in [-0.15, -0.1) is 0 Å². The van der Waals surface area contributed by atoms with Crippen molar-refractivity contribution in [3.63, 3.8) is 0 Å². The van der Waals surface area contributed by atoms with E-state index in [1.807, 2.05) is 38.3 Å². The number of allylic oxidation sites excluding steroid dienone is 4. The maximum Gasteiger partial charge on any atom is 0.126 e. The summed E-state index contributed by atoms with van der Waals surface area (Å²) in [7, 11) is 2.07. The second-order valence-electron chi connectivity index (χ2n) is 8.59. The van der Waals surface area contributed by atoms with Crippen LogP contribution in [0.25, 0.3) is 0 Å². The van der Waals surface area contributed by atoms with Crippen LogP contribution < -0.4 is 5.32 Å². The quantitative estimate of drug-likeness (QED) is 0.365. The van der Waals surface area contributed by atoms with Gasteiger partial charge in [0.2, 0.25) is 0 Å². The highest BCUT2D eigenvalue weighted by molar-refractivity contribution is 5.75. The maximum atomic E-state index is 14.0. The summed E-state index contributed by atoms with van der Waals surface area (Å²) >= 11 is 0. The number of hydrogen-bond donors (Lipinski definition) is 1. The summed E-state index contributed by atoms with van der Waals surface area (Å²) in [6.45, 7) is 9.51. The molecule has 1 aliphatic heterocycles. The number of hydrogen-bond acceptors (Lipinski definition) is 3. The van der Waals surface area contributed by atoms with Crippen molar-refractivity contribution >= 4 is 6.21 Å². The summed E-state index contributed by atoms with van der Waals surface area (Å²) in [5, 5.41) is 3.57. The third-order valence-corrected chi connectivity index (χ3v) is 5.51. The average molecular weight is 444 g/mol. The highest BCUT2D eigenvalue weighted by atomic mass is 19.1. The molecule has 4 heteroatoms. The molecule has 1 N–H and O–H groups in total. The molecule has 0 radical (unpaired) electrons. The molecule has 1 unspecified atom stereocenters. The van der Waals surface area contributed by atoms with Crippen molar-refractivity contribution in [1.29, 1.82) is 0 Å². The Morgan fingerprint density at radius 2 is 1.91 bits per heavy atom. The fraction of sp³-hybridized carbons (Fsp3) is 0.276. The van der Waals surface area contributed by atoms with E-state index in [-0.39, 0.29) is 11.9 Å². The van der Waals surface area contributed by atoms with Gasteiger partial charge in [-0.05, 0) is 73.7 Å². The molecule has 0 saturated carbocycles. The van der Waals surface area contributed by atoms with E-state index in [4.69, 9.17) is 0 Å². The number of rotatable bonds is 8. The molecule has 0 saturated heterocycles. The van der Waals surface area contributed by atoms with Crippen molar-refractivity contribution in [3.05, 3.63) is 118 Å². The van der Waals surface area contributed by atoms with Crippen molar-refractivity contribution in [2.24, 2.45) is 4.99 Å². The van der Waals surface area contributed by atoms with Crippen molar-refractivity contribution < 1.29 is 4.39 Å². The minimum absolute atomic E-state index is 0.0385. The Balaban J connectivity index is 2.05. The summed E-state index contributed by atoms with van der Waals surface area (Å²) in [4.78, 5) is 6.59. The van der Waals surface area contributed by atoms with Gasteiger partial charge in [-0.1, -0.05) is 54.1 Å². The molecule has 1 heterocycles. The molecule has 0 spiro atoms. The lowest BCUT2D eigenvalue weighted by Gasteiger charge is -2.35. The fourth-order valence-corrected chi connectivity index (χ4v) is 3.96. The number of nitrogens with one attached hydrogen (secondary N) is 1. The van der Waals surface area contributed by atoms with Gasteiger partial charge in [0.1, 0.15) is 5.82 Å². The zero-order valence-electron chi connectivity index (χ0n) is 20.3. The minimum atomic E-state index is -0.182. The van der Waals surface area contributed by atoms with Gasteiger partial charge in [-0.25, -0.2) is 4.39 Å². The largest absolute Gasteiger partial charge is 0.380 e. The van der Waals surface area contributed by atoms with Gasteiger partial charge in [0, 0.05) is 32.6 Å². The average Bonchev–Trinajstić information content (AvgIpc) is 2.79. The van der Waals surface area contributed by atoms with E-state index < -0.39 is 0 Å². The van der Waals surface area contributed by atoms with E-state index in [0.29, 0.717) is 5.56 Å². The molecule has 172 valence electrons. The molecule has 2 aromatic carbocycles. The number of aryl methyl sites for hydroxylation is 1. The first-order chi connectivity index (χ1) is 15.9. The first kappa shape index (κ1) is 24.2. The molecule has 1 aliphatic rings. The van der Waals surface area contributed by atoms with Gasteiger partial charge in [0.15, 0.2) is 0 Å². The summed E-state index contributed by atoms with van der Waals surface area (Å²) in [5.41, 5.74) is 7.41. The molecule has 0 bridgehead atoms. The Morgan fingerprint density at radius 3 is 2.58 bits per heavy atom. The Labute approximate surface area is 197 Å². The lowest BCUT2D eigenvalue weighted by Crippen LogP contribution is -2.28. The van der Waals surface area contributed by atoms with Crippen LogP contribution in [0.2, 0.25) is 0 Å². The van der Waals surface area contributed by atoms with E-state index in [0.717, 1.165) is 35.5 Å². The van der Waals surface area contributed by atoms with Gasteiger partial charge in [-0.3, -0.25) is 4.99 Å². The minimum Gasteiger partial charge on any atom is -0.380 e. The number of nitrogens with zero attached hydrogens (tertiary/aromatic N) is 2. The SMILES string of the molecule is CCN=C/C=C(\C=C(C)C)C1=CC(NCc2ccccc2)=CN(C)C1c1ccc(F)c(C)c1. The summed E-state index contributed by atoms with van der Waals surface area (Å²) < 4.78 is 14.0. The van der Waals surface area contributed by atoms with Crippen molar-refractivity contribution in [1.82, 2.24) is 10.2 Å². The van der Waals surface area contributed by atoms with Crippen LogP contribution in [0.5, 0.6) is 0 Å². The highest BCUT2D eigenvalue weighted by Crippen LogP contribution is 2.37. The van der Waals surface area contributed by atoms with E-state index in [9.17, 15) is 4.39 Å². The molecule has 0 fully saturated rings. The van der Waals surface area contributed by atoms with Crippen LogP contribution in [0, 0.1) is 12.7 Å². The standard InChI is InChI=1S/C29H34FN3/c1-6-31-15-14-24(16-21(2)3)27-18-26(32-19-23-10-8-7-9-11-23)20-33(5)29(27)25-12-13-28(30)22(4)17-25/h7-18,20,29,32H,6,19H2,1-5H3/b24-14+,31-15?.